The van der Waals surface area contributed by atoms with Crippen molar-refractivity contribution in [3.05, 3.63) is 427 Å². The minimum Gasteiger partial charge on any atom is -0.0642 e. The summed E-state index contributed by atoms with van der Waals surface area (Å²) >= 11 is 0. The second-order valence-electron chi connectivity index (χ2n) is 29.1. The van der Waals surface area contributed by atoms with E-state index in [1.165, 1.54) is 185 Å². The Bertz CT molecular complexity index is 5250. The monoisotopic (exact) mass is 1290 g/mol. The Balaban J connectivity index is 0.0000000993. The first kappa shape index (κ1) is 63.8. The van der Waals surface area contributed by atoms with Crippen LogP contribution in [0.4, 0.5) is 0 Å². The van der Waals surface area contributed by atoms with Crippen LogP contribution in [0.5, 0.6) is 0 Å². The van der Waals surface area contributed by atoms with Crippen LogP contribution in [0, 0.1) is 34.6 Å². The highest BCUT2D eigenvalue weighted by Gasteiger charge is 2.52. The number of aryl methyl sites for hydroxylation is 5. The SMILES string of the molecule is CCC1(CC)c2ccccc2-c2ccc(C)cc21.Cc1ccc2c(c1)C(C)(C)c1ccccc1-2.Cc1ccc2c(c1)C(c1ccccc1)(c1ccccc1)c1ccccc1-2.Cc1ccc2c(c1)C1(c3ccccc3-c3ccccc31)c1ccccc1-2.Cc1ccc2c(c1)Cc1ccccc1-2. The van der Waals surface area contributed by atoms with Gasteiger partial charge in [0, 0.05) is 10.8 Å². The summed E-state index contributed by atoms with van der Waals surface area (Å²) in [4.78, 5) is 0. The molecule has 0 fully saturated rings. The van der Waals surface area contributed by atoms with E-state index >= 15 is 0 Å². The molecule has 100 heavy (non-hydrogen) atoms. The maximum atomic E-state index is 2.40. The van der Waals surface area contributed by atoms with Gasteiger partial charge in [0.25, 0.3) is 0 Å². The van der Waals surface area contributed by atoms with Gasteiger partial charge in [0.05, 0.1) is 10.8 Å². The molecule has 0 saturated heterocycles. The van der Waals surface area contributed by atoms with Crippen LogP contribution in [-0.2, 0) is 28.1 Å². The van der Waals surface area contributed by atoms with E-state index in [-0.39, 0.29) is 21.7 Å². The van der Waals surface area contributed by atoms with Crippen LogP contribution in [0.1, 0.15) is 146 Å². The van der Waals surface area contributed by atoms with Crippen LogP contribution in [0.15, 0.2) is 322 Å². The summed E-state index contributed by atoms with van der Waals surface area (Å²) in [6.07, 6.45) is 3.46. The van der Waals surface area contributed by atoms with Gasteiger partial charge in [0.1, 0.15) is 0 Å². The molecule has 0 unspecified atom stereocenters. The lowest BCUT2D eigenvalue weighted by atomic mass is 9.67. The summed E-state index contributed by atoms with van der Waals surface area (Å²) in [5.74, 6) is 0. The zero-order valence-electron chi connectivity index (χ0n) is 59.2. The first-order valence-corrected chi connectivity index (χ1v) is 36.1. The number of fused-ring (bicyclic) bond motifs is 22. The predicted octanol–water partition coefficient (Wildman–Crippen LogP) is 25.6. The predicted molar refractivity (Wildman–Crippen MR) is 422 cm³/mol. The fourth-order valence-corrected chi connectivity index (χ4v) is 18.4. The minimum absolute atomic E-state index is 0.151. The molecule has 1 spiro atoms. The molecule has 14 aromatic rings. The summed E-state index contributed by atoms with van der Waals surface area (Å²) in [5, 5.41) is 0. The lowest BCUT2D eigenvalue weighted by molar-refractivity contribution is 0.490. The largest absolute Gasteiger partial charge is 0.0725 e. The second kappa shape index (κ2) is 25.4. The van der Waals surface area contributed by atoms with Crippen LogP contribution in [0.2, 0.25) is 0 Å². The zero-order valence-corrected chi connectivity index (χ0v) is 59.2. The first-order chi connectivity index (χ1) is 48.8. The standard InChI is InChI=1S/C26H18.C26H20.C18H20.C16H16.C14H12/c1-17-14-15-21-20-10-4-7-13-24(20)26(25(21)16-17)22-11-5-2-8-18(22)19-9-3-6-12-23(19)26;1-19-16-17-23-22-14-8-9-15-24(22)26(25(23)18-19,20-10-4-2-5-11-20)21-12-6-3-7-13-21;1-4-18(5-2)16-9-7-6-8-14(16)15-11-10-13(3)12-17(15)18;1-11-8-9-13-12-6-4-5-7-14(12)16(2,3)15(13)10-11;1-10-6-7-14-12(8-10)9-11-4-2-3-5-13(11)14/h2-16H,1H3;2-18H,1H3;6-12H,4-5H2,1-3H3;4-10H,1-3H3;2-8H,9H2,1H3. The summed E-state index contributed by atoms with van der Waals surface area (Å²) in [6, 6.07) is 118. The van der Waals surface area contributed by atoms with Crippen molar-refractivity contribution in [3.63, 3.8) is 0 Å². The molecule has 0 saturated carbocycles. The zero-order chi connectivity index (χ0) is 68.5. The van der Waals surface area contributed by atoms with Crippen molar-refractivity contribution in [2.24, 2.45) is 0 Å². The Morgan fingerprint density at radius 3 is 0.950 bits per heavy atom. The highest BCUT2D eigenvalue weighted by molar-refractivity contribution is 5.95. The van der Waals surface area contributed by atoms with E-state index in [4.69, 9.17) is 0 Å². The third-order valence-electron chi connectivity index (χ3n) is 23.1. The van der Waals surface area contributed by atoms with Gasteiger partial charge in [-0.25, -0.2) is 0 Å². The fourth-order valence-electron chi connectivity index (χ4n) is 18.4. The van der Waals surface area contributed by atoms with Crippen LogP contribution in [0.25, 0.3) is 66.8 Å². The van der Waals surface area contributed by atoms with Crippen molar-refractivity contribution < 1.29 is 0 Å². The summed E-state index contributed by atoms with van der Waals surface area (Å²) in [5.41, 5.74) is 43.3. The number of hydrogen-bond acceptors (Lipinski definition) is 0. The molecule has 20 rings (SSSR count). The van der Waals surface area contributed by atoms with Gasteiger partial charge in [-0.1, -0.05) is 377 Å². The van der Waals surface area contributed by atoms with Crippen molar-refractivity contribution >= 4 is 0 Å². The van der Waals surface area contributed by atoms with Crippen LogP contribution >= 0.6 is 0 Å². The molecule has 14 aromatic carbocycles. The average Bonchev–Trinajstić information content (AvgIpc) is 1.51. The maximum absolute atomic E-state index is 2.40. The van der Waals surface area contributed by atoms with Gasteiger partial charge in [-0.3, -0.25) is 0 Å². The highest BCUT2D eigenvalue weighted by Crippen LogP contribution is 2.63. The average molecular weight is 1290 g/mol. The topological polar surface area (TPSA) is 0 Å². The summed E-state index contributed by atoms with van der Waals surface area (Å²) in [6.45, 7) is 20.2. The summed E-state index contributed by atoms with van der Waals surface area (Å²) in [7, 11) is 0. The van der Waals surface area contributed by atoms with Crippen molar-refractivity contribution in [3.8, 4) is 66.8 Å². The van der Waals surface area contributed by atoms with Crippen molar-refractivity contribution in [1.82, 2.24) is 0 Å². The molecule has 0 heteroatoms. The third-order valence-corrected chi connectivity index (χ3v) is 23.1. The molecule has 0 radical (unpaired) electrons. The van der Waals surface area contributed by atoms with Gasteiger partial charge >= 0.3 is 0 Å². The minimum atomic E-state index is -0.263. The molecular weight excluding hydrogens is 1200 g/mol. The fraction of sp³-hybridized carbons (Fsp3) is 0.160. The number of rotatable bonds is 4. The lowest BCUT2D eigenvalue weighted by Crippen LogP contribution is -2.28. The van der Waals surface area contributed by atoms with Gasteiger partial charge in [-0.05, 0) is 199 Å². The van der Waals surface area contributed by atoms with E-state index < -0.39 is 0 Å². The molecular formula is C100H86. The van der Waals surface area contributed by atoms with Gasteiger partial charge in [-0.15, -0.1) is 0 Å². The summed E-state index contributed by atoms with van der Waals surface area (Å²) < 4.78 is 0. The van der Waals surface area contributed by atoms with Crippen LogP contribution in [0.3, 0.4) is 0 Å². The van der Waals surface area contributed by atoms with E-state index in [1.54, 1.807) is 0 Å². The van der Waals surface area contributed by atoms with Crippen LogP contribution in [-0.4, -0.2) is 0 Å². The molecule has 0 N–H and O–H groups in total. The van der Waals surface area contributed by atoms with E-state index in [1.807, 2.05) is 0 Å². The van der Waals surface area contributed by atoms with E-state index in [9.17, 15) is 0 Å². The number of hydrogen-bond donors (Lipinski definition) is 0. The molecule has 0 nitrogen and oxygen atoms in total. The quantitative estimate of drug-likeness (QED) is 0.165. The highest BCUT2D eigenvalue weighted by atomic mass is 14.5. The van der Waals surface area contributed by atoms with E-state index in [0.29, 0.717) is 0 Å². The van der Waals surface area contributed by atoms with Gasteiger partial charge < -0.3 is 0 Å². The molecule has 0 aromatic heterocycles. The van der Waals surface area contributed by atoms with Gasteiger partial charge in [0.15, 0.2) is 0 Å². The Morgan fingerprint density at radius 2 is 0.500 bits per heavy atom. The lowest BCUT2D eigenvalue weighted by Gasteiger charge is -2.34. The van der Waals surface area contributed by atoms with Gasteiger partial charge in [0.2, 0.25) is 0 Å². The second-order valence-corrected chi connectivity index (χ2v) is 29.1. The Morgan fingerprint density at radius 1 is 0.220 bits per heavy atom. The molecule has 6 aliphatic rings. The smallest absolute Gasteiger partial charge is 0.0642 e. The molecule has 0 aliphatic heterocycles. The van der Waals surface area contributed by atoms with Crippen molar-refractivity contribution in [2.45, 2.75) is 103 Å². The molecule has 6 aliphatic carbocycles. The van der Waals surface area contributed by atoms with Crippen molar-refractivity contribution in [2.75, 3.05) is 0 Å². The Kier molecular flexibility index (Phi) is 16.2. The van der Waals surface area contributed by atoms with Gasteiger partial charge in [-0.2, -0.15) is 0 Å². The molecule has 0 bridgehead atoms. The number of benzene rings is 14. The Hall–Kier alpha value is -10.9. The Labute approximate surface area is 593 Å². The molecule has 486 valence electrons. The van der Waals surface area contributed by atoms with Crippen molar-refractivity contribution in [1.29, 1.82) is 0 Å². The first-order valence-electron chi connectivity index (χ1n) is 36.1. The maximum Gasteiger partial charge on any atom is 0.0725 e. The van der Waals surface area contributed by atoms with E-state index in [2.05, 4.69) is 384 Å². The third kappa shape index (κ3) is 10.1. The molecule has 0 atom stereocenters. The molecule has 0 heterocycles. The molecule has 0 amide bonds. The normalized spacial score (nSPS) is 14.4. The van der Waals surface area contributed by atoms with Crippen LogP contribution < -0.4 is 0 Å². The van der Waals surface area contributed by atoms with E-state index in [0.717, 1.165) is 6.42 Å².